The van der Waals surface area contributed by atoms with Crippen molar-refractivity contribution in [3.63, 3.8) is 0 Å². The third-order valence-corrected chi connectivity index (χ3v) is 2.22. The predicted octanol–water partition coefficient (Wildman–Crippen LogP) is 1.27. The molecular formula is C11H17FN2O. The highest BCUT2D eigenvalue weighted by atomic mass is 19.1. The maximum absolute atomic E-state index is 13.3. The van der Waals surface area contributed by atoms with E-state index < -0.39 is 0 Å². The Bertz CT molecular complexity index is 317. The van der Waals surface area contributed by atoms with Crippen LogP contribution >= 0.6 is 0 Å². The van der Waals surface area contributed by atoms with Crippen LogP contribution in [0.25, 0.3) is 0 Å². The number of nitrogens with one attached hydrogen (secondary N) is 1. The van der Waals surface area contributed by atoms with Gasteiger partial charge in [0.2, 0.25) is 0 Å². The zero-order chi connectivity index (χ0) is 11.3. The normalized spacial score (nSPS) is 12.5. The van der Waals surface area contributed by atoms with Crippen molar-refractivity contribution in [2.45, 2.75) is 19.5 Å². The van der Waals surface area contributed by atoms with Crippen molar-refractivity contribution in [3.05, 3.63) is 29.6 Å². The summed E-state index contributed by atoms with van der Waals surface area (Å²) in [5.41, 5.74) is 6.34. The van der Waals surface area contributed by atoms with Gasteiger partial charge in [0.25, 0.3) is 0 Å². The van der Waals surface area contributed by atoms with Crippen LogP contribution in [0.3, 0.4) is 0 Å². The van der Waals surface area contributed by atoms with E-state index in [1.807, 2.05) is 13.0 Å². The summed E-state index contributed by atoms with van der Waals surface area (Å²) >= 11 is 0. The fourth-order valence-corrected chi connectivity index (χ4v) is 1.20. The number of methoxy groups -OCH3 is 1. The molecule has 0 aliphatic heterocycles. The third-order valence-electron chi connectivity index (χ3n) is 2.22. The summed E-state index contributed by atoms with van der Waals surface area (Å²) in [5.74, 6) is -0.0668. The molecular weight excluding hydrogens is 195 g/mol. The minimum Gasteiger partial charge on any atom is -0.494 e. The van der Waals surface area contributed by atoms with Crippen LogP contribution in [0.15, 0.2) is 18.2 Å². The van der Waals surface area contributed by atoms with E-state index in [1.165, 1.54) is 13.2 Å². The fourth-order valence-electron chi connectivity index (χ4n) is 1.20. The van der Waals surface area contributed by atoms with Gasteiger partial charge in [0.1, 0.15) is 0 Å². The lowest BCUT2D eigenvalue weighted by Crippen LogP contribution is -2.32. The summed E-state index contributed by atoms with van der Waals surface area (Å²) in [6.45, 7) is 3.16. The van der Waals surface area contributed by atoms with E-state index >= 15 is 0 Å². The maximum Gasteiger partial charge on any atom is 0.165 e. The average molecular weight is 212 g/mol. The fraction of sp³-hybridized carbons (Fsp3) is 0.455. The Morgan fingerprint density at radius 1 is 1.53 bits per heavy atom. The van der Waals surface area contributed by atoms with Crippen LogP contribution in [0.4, 0.5) is 4.39 Å². The summed E-state index contributed by atoms with van der Waals surface area (Å²) in [7, 11) is 1.45. The molecule has 0 heterocycles. The molecule has 1 aromatic carbocycles. The second-order valence-electron chi connectivity index (χ2n) is 3.49. The van der Waals surface area contributed by atoms with Crippen LogP contribution in [0.5, 0.6) is 5.75 Å². The van der Waals surface area contributed by atoms with E-state index in [4.69, 9.17) is 10.5 Å². The molecule has 1 aromatic rings. The van der Waals surface area contributed by atoms with E-state index in [2.05, 4.69) is 5.32 Å². The van der Waals surface area contributed by atoms with Gasteiger partial charge >= 0.3 is 0 Å². The first-order chi connectivity index (χ1) is 7.17. The topological polar surface area (TPSA) is 47.3 Å². The molecule has 0 fully saturated rings. The Hall–Kier alpha value is -1.13. The van der Waals surface area contributed by atoms with Crippen molar-refractivity contribution in [1.82, 2.24) is 5.32 Å². The van der Waals surface area contributed by atoms with Crippen molar-refractivity contribution in [2.24, 2.45) is 5.73 Å². The minimum atomic E-state index is -0.336. The van der Waals surface area contributed by atoms with Crippen molar-refractivity contribution in [1.29, 1.82) is 0 Å². The van der Waals surface area contributed by atoms with E-state index in [1.54, 1.807) is 6.07 Å². The van der Waals surface area contributed by atoms with Gasteiger partial charge < -0.3 is 15.8 Å². The molecule has 1 rings (SSSR count). The molecule has 0 aliphatic rings. The lowest BCUT2D eigenvalue weighted by atomic mass is 10.2. The van der Waals surface area contributed by atoms with Crippen molar-refractivity contribution >= 4 is 0 Å². The second-order valence-corrected chi connectivity index (χ2v) is 3.49. The summed E-state index contributed by atoms with van der Waals surface area (Å²) in [5, 5.41) is 3.18. The molecule has 0 saturated carbocycles. The van der Waals surface area contributed by atoms with Gasteiger partial charge in [0.15, 0.2) is 11.6 Å². The number of halogens is 1. The zero-order valence-corrected chi connectivity index (χ0v) is 9.09. The average Bonchev–Trinajstić information content (AvgIpc) is 2.26. The summed E-state index contributed by atoms with van der Waals surface area (Å²) in [4.78, 5) is 0. The Kier molecular flexibility index (Phi) is 4.52. The van der Waals surface area contributed by atoms with Crippen LogP contribution in [0, 0.1) is 5.82 Å². The quantitative estimate of drug-likeness (QED) is 0.772. The molecule has 3 nitrogen and oxygen atoms in total. The highest BCUT2D eigenvalue weighted by Crippen LogP contribution is 2.17. The van der Waals surface area contributed by atoms with Gasteiger partial charge in [-0.05, 0) is 24.6 Å². The number of ether oxygens (including phenoxy) is 1. The number of hydrogen-bond acceptors (Lipinski definition) is 3. The van der Waals surface area contributed by atoms with Crippen LogP contribution < -0.4 is 15.8 Å². The van der Waals surface area contributed by atoms with Gasteiger partial charge in [0.05, 0.1) is 7.11 Å². The Labute approximate surface area is 89.4 Å². The number of nitrogens with two attached hydrogens (primary N) is 1. The lowest BCUT2D eigenvalue weighted by Gasteiger charge is -2.11. The van der Waals surface area contributed by atoms with Crippen molar-refractivity contribution < 1.29 is 9.13 Å². The standard InChI is InChI=1S/C11H17FN2O/c1-8(6-13)14-7-9-3-4-11(15-2)10(12)5-9/h3-5,8,14H,6-7,13H2,1-2H3/t8-/m1/s1. The Morgan fingerprint density at radius 3 is 2.80 bits per heavy atom. The van der Waals surface area contributed by atoms with Gasteiger partial charge in [-0.1, -0.05) is 6.07 Å². The highest BCUT2D eigenvalue weighted by Gasteiger charge is 2.04. The first-order valence-corrected chi connectivity index (χ1v) is 4.93. The van der Waals surface area contributed by atoms with Crippen LogP contribution in [0.2, 0.25) is 0 Å². The SMILES string of the molecule is COc1ccc(CN[C@H](C)CN)cc1F. The highest BCUT2D eigenvalue weighted by molar-refractivity contribution is 5.29. The van der Waals surface area contributed by atoms with Crippen LogP contribution in [0.1, 0.15) is 12.5 Å². The summed E-state index contributed by atoms with van der Waals surface area (Å²) < 4.78 is 18.1. The Balaban J connectivity index is 2.59. The first kappa shape index (κ1) is 11.9. The number of benzene rings is 1. The molecule has 84 valence electrons. The maximum atomic E-state index is 13.3. The number of rotatable bonds is 5. The summed E-state index contributed by atoms with van der Waals surface area (Å²) in [6.07, 6.45) is 0. The van der Waals surface area contributed by atoms with E-state index in [9.17, 15) is 4.39 Å². The van der Waals surface area contributed by atoms with Gasteiger partial charge in [0, 0.05) is 19.1 Å². The van der Waals surface area contributed by atoms with Gasteiger partial charge in [-0.2, -0.15) is 0 Å². The van der Waals surface area contributed by atoms with Gasteiger partial charge in [-0.3, -0.25) is 0 Å². The largest absolute Gasteiger partial charge is 0.494 e. The second kappa shape index (κ2) is 5.68. The molecule has 15 heavy (non-hydrogen) atoms. The van der Waals surface area contributed by atoms with Crippen LogP contribution in [-0.4, -0.2) is 19.7 Å². The Morgan fingerprint density at radius 2 is 2.27 bits per heavy atom. The monoisotopic (exact) mass is 212 g/mol. The van der Waals surface area contributed by atoms with Gasteiger partial charge in [-0.15, -0.1) is 0 Å². The third kappa shape index (κ3) is 3.49. The first-order valence-electron chi connectivity index (χ1n) is 4.93. The molecule has 0 bridgehead atoms. The van der Waals surface area contributed by atoms with E-state index in [0.717, 1.165) is 5.56 Å². The molecule has 0 amide bonds. The molecule has 0 aliphatic carbocycles. The molecule has 4 heteroatoms. The molecule has 0 saturated heterocycles. The molecule has 0 spiro atoms. The molecule has 3 N–H and O–H groups in total. The van der Waals surface area contributed by atoms with Gasteiger partial charge in [-0.25, -0.2) is 4.39 Å². The van der Waals surface area contributed by atoms with Crippen LogP contribution in [-0.2, 0) is 6.54 Å². The predicted molar refractivity (Wildman–Crippen MR) is 58.3 cm³/mol. The number of hydrogen-bond donors (Lipinski definition) is 2. The minimum absolute atomic E-state index is 0.232. The lowest BCUT2D eigenvalue weighted by molar-refractivity contribution is 0.386. The van der Waals surface area contributed by atoms with E-state index in [-0.39, 0.29) is 17.6 Å². The van der Waals surface area contributed by atoms with E-state index in [0.29, 0.717) is 13.1 Å². The van der Waals surface area contributed by atoms with Crippen molar-refractivity contribution in [3.8, 4) is 5.75 Å². The van der Waals surface area contributed by atoms with Crippen molar-refractivity contribution in [2.75, 3.05) is 13.7 Å². The summed E-state index contributed by atoms with van der Waals surface area (Å²) in [6, 6.07) is 5.15. The molecule has 0 unspecified atom stereocenters. The molecule has 0 radical (unpaired) electrons. The molecule has 0 aromatic heterocycles. The molecule has 1 atom stereocenters. The zero-order valence-electron chi connectivity index (χ0n) is 9.09. The smallest absolute Gasteiger partial charge is 0.165 e.